The molecule has 2 heterocycles. The number of anilines is 2. The van der Waals surface area contributed by atoms with E-state index in [9.17, 15) is 17.6 Å². The molecule has 42 heavy (non-hydrogen) atoms. The highest BCUT2D eigenvalue weighted by Gasteiger charge is 2.26. The molecule has 4 N–H and O–H groups in total. The summed E-state index contributed by atoms with van der Waals surface area (Å²) in [6.45, 7) is 0. The largest absolute Gasteiger partial charge is 0.480 e. The molecule has 5 rings (SSSR count). The van der Waals surface area contributed by atoms with Gasteiger partial charge in [0, 0.05) is 29.9 Å². The SMILES string of the molecule is COc1ncc(Cl)cc1S(=O)(=O)Nc1ccc(F)c(-c2ccc3nc(NC4CCC(NC(=O)O)CC4)ncc3c2)c1F. The zero-order valence-corrected chi connectivity index (χ0v) is 23.6. The molecule has 1 aliphatic carbocycles. The highest BCUT2D eigenvalue weighted by atomic mass is 35.5. The van der Waals surface area contributed by atoms with E-state index in [0.717, 1.165) is 31.0 Å². The van der Waals surface area contributed by atoms with Crippen LogP contribution in [-0.4, -0.2) is 53.8 Å². The second kappa shape index (κ2) is 11.9. The van der Waals surface area contributed by atoms with Crippen LogP contribution in [0.5, 0.6) is 5.88 Å². The zero-order valence-electron chi connectivity index (χ0n) is 22.1. The third-order valence-electron chi connectivity index (χ3n) is 6.86. The van der Waals surface area contributed by atoms with Crippen LogP contribution in [0.4, 0.5) is 25.2 Å². The van der Waals surface area contributed by atoms with Crippen LogP contribution in [0, 0.1) is 11.6 Å². The molecular formula is C27H25ClF2N6O5S. The van der Waals surface area contributed by atoms with Crippen LogP contribution in [0.15, 0.2) is 53.7 Å². The van der Waals surface area contributed by atoms with E-state index >= 15 is 4.39 Å². The van der Waals surface area contributed by atoms with Crippen LogP contribution < -0.4 is 20.1 Å². The minimum Gasteiger partial charge on any atom is -0.480 e. The van der Waals surface area contributed by atoms with Gasteiger partial charge in [-0.25, -0.2) is 36.9 Å². The van der Waals surface area contributed by atoms with E-state index in [4.69, 9.17) is 21.4 Å². The van der Waals surface area contributed by atoms with Gasteiger partial charge in [-0.1, -0.05) is 17.7 Å². The monoisotopic (exact) mass is 618 g/mol. The molecule has 1 fully saturated rings. The number of aromatic nitrogens is 3. The number of sulfonamides is 1. The highest BCUT2D eigenvalue weighted by molar-refractivity contribution is 7.92. The lowest BCUT2D eigenvalue weighted by atomic mass is 9.91. The second-order valence-corrected chi connectivity index (χ2v) is 11.7. The molecule has 0 atom stereocenters. The first-order chi connectivity index (χ1) is 20.0. The molecule has 0 spiro atoms. The summed E-state index contributed by atoms with van der Waals surface area (Å²) in [6, 6.07) is 7.60. The molecule has 0 aliphatic heterocycles. The zero-order chi connectivity index (χ0) is 30.0. The van der Waals surface area contributed by atoms with E-state index in [1.165, 1.54) is 31.6 Å². The predicted octanol–water partition coefficient (Wildman–Crippen LogP) is 5.42. The Morgan fingerprint density at radius 3 is 2.50 bits per heavy atom. The van der Waals surface area contributed by atoms with Gasteiger partial charge in [0.05, 0.1) is 28.9 Å². The Labute approximate surface area is 244 Å². The van der Waals surface area contributed by atoms with Crippen molar-refractivity contribution in [3.8, 4) is 17.0 Å². The number of benzene rings is 2. The molecule has 1 aliphatic rings. The average Bonchev–Trinajstić information content (AvgIpc) is 2.95. The number of halogens is 3. The summed E-state index contributed by atoms with van der Waals surface area (Å²) in [7, 11) is -3.19. The Morgan fingerprint density at radius 2 is 1.79 bits per heavy atom. The summed E-state index contributed by atoms with van der Waals surface area (Å²) in [6.07, 6.45) is 4.55. The van der Waals surface area contributed by atoms with Crippen molar-refractivity contribution in [1.29, 1.82) is 0 Å². The maximum absolute atomic E-state index is 15.6. The van der Waals surface area contributed by atoms with Crippen molar-refractivity contribution in [2.75, 3.05) is 17.1 Å². The average molecular weight is 619 g/mol. The number of rotatable bonds is 8. The van der Waals surface area contributed by atoms with Crippen molar-refractivity contribution in [3.63, 3.8) is 0 Å². The molecule has 4 aromatic rings. The van der Waals surface area contributed by atoms with Crippen molar-refractivity contribution in [3.05, 3.63) is 65.4 Å². The minimum atomic E-state index is -4.41. The quantitative estimate of drug-likeness (QED) is 0.202. The Hall–Kier alpha value is -4.30. The standard InChI is InChI=1S/C27H25ClF2N6O5S/c1-41-25-22(11-16(28)13-31-25)42(39,40)36-21-9-7-19(29)23(24(21)30)14-2-8-20-15(10-14)12-32-26(35-20)33-17-3-5-18(6-4-17)34-27(37)38/h2,7-13,17-18,34,36H,3-6H2,1H3,(H,37,38)(H,32,33,35). The molecule has 2 aromatic carbocycles. The van der Waals surface area contributed by atoms with Gasteiger partial charge < -0.3 is 20.5 Å². The second-order valence-electron chi connectivity index (χ2n) is 9.66. The number of fused-ring (bicyclic) bond motifs is 1. The van der Waals surface area contributed by atoms with Crippen LogP contribution in [0.25, 0.3) is 22.0 Å². The number of hydrogen-bond donors (Lipinski definition) is 4. The van der Waals surface area contributed by atoms with Gasteiger partial charge in [0.2, 0.25) is 11.8 Å². The van der Waals surface area contributed by atoms with E-state index < -0.39 is 43.9 Å². The number of carbonyl (C=O) groups is 1. The highest BCUT2D eigenvalue weighted by Crippen LogP contribution is 2.34. The lowest BCUT2D eigenvalue weighted by Gasteiger charge is -2.28. The molecule has 0 radical (unpaired) electrons. The molecule has 11 nitrogen and oxygen atoms in total. The topological polar surface area (TPSA) is 155 Å². The maximum atomic E-state index is 15.6. The lowest BCUT2D eigenvalue weighted by Crippen LogP contribution is -2.39. The fourth-order valence-electron chi connectivity index (χ4n) is 4.85. The van der Waals surface area contributed by atoms with Crippen molar-refractivity contribution in [2.45, 2.75) is 42.7 Å². The number of nitrogens with one attached hydrogen (secondary N) is 3. The van der Waals surface area contributed by atoms with Crippen molar-refractivity contribution >= 4 is 50.3 Å². The van der Waals surface area contributed by atoms with E-state index in [-0.39, 0.29) is 28.5 Å². The van der Waals surface area contributed by atoms with E-state index in [1.807, 2.05) is 0 Å². The molecule has 0 bridgehead atoms. The lowest BCUT2D eigenvalue weighted by molar-refractivity contribution is 0.185. The number of ether oxygens (including phenoxy) is 1. The number of hydrogen-bond acceptors (Lipinski definition) is 8. The summed E-state index contributed by atoms with van der Waals surface area (Å²) < 4.78 is 63.7. The molecule has 0 unspecified atom stereocenters. The van der Waals surface area contributed by atoms with Gasteiger partial charge in [-0.2, -0.15) is 0 Å². The van der Waals surface area contributed by atoms with Gasteiger partial charge in [0.1, 0.15) is 5.82 Å². The normalized spacial score (nSPS) is 17.0. The molecule has 220 valence electrons. The maximum Gasteiger partial charge on any atom is 0.404 e. The summed E-state index contributed by atoms with van der Waals surface area (Å²) in [5.41, 5.74) is -0.260. The van der Waals surface area contributed by atoms with Crippen LogP contribution in [-0.2, 0) is 10.0 Å². The molecule has 1 amide bonds. The van der Waals surface area contributed by atoms with Gasteiger partial charge in [0.25, 0.3) is 10.0 Å². The Kier molecular flexibility index (Phi) is 8.27. The first-order valence-corrected chi connectivity index (χ1v) is 14.6. The summed E-state index contributed by atoms with van der Waals surface area (Å²) >= 11 is 5.90. The Bertz CT molecular complexity index is 1770. The molecular weight excluding hydrogens is 594 g/mol. The van der Waals surface area contributed by atoms with E-state index in [0.29, 0.717) is 29.7 Å². The fraction of sp³-hybridized carbons (Fsp3) is 0.259. The minimum absolute atomic E-state index is 0.0219. The summed E-state index contributed by atoms with van der Waals surface area (Å²) in [5, 5.41) is 15.2. The van der Waals surface area contributed by atoms with Crippen LogP contribution in [0.3, 0.4) is 0 Å². The van der Waals surface area contributed by atoms with Crippen LogP contribution in [0.2, 0.25) is 5.02 Å². The van der Waals surface area contributed by atoms with Crippen molar-refractivity contribution < 1.29 is 31.8 Å². The van der Waals surface area contributed by atoms with Crippen LogP contribution in [0.1, 0.15) is 25.7 Å². The van der Waals surface area contributed by atoms with Gasteiger partial charge in [0.15, 0.2) is 10.7 Å². The van der Waals surface area contributed by atoms with Gasteiger partial charge in [-0.3, -0.25) is 4.72 Å². The first kappa shape index (κ1) is 29.2. The van der Waals surface area contributed by atoms with Crippen molar-refractivity contribution in [2.24, 2.45) is 0 Å². The molecule has 1 saturated carbocycles. The van der Waals surface area contributed by atoms with E-state index in [2.05, 4.69) is 30.3 Å². The third kappa shape index (κ3) is 6.29. The predicted molar refractivity (Wildman–Crippen MR) is 152 cm³/mol. The fourth-order valence-corrected chi connectivity index (χ4v) is 6.28. The summed E-state index contributed by atoms with van der Waals surface area (Å²) in [5.74, 6) is -1.89. The van der Waals surface area contributed by atoms with Gasteiger partial charge in [-0.05, 0) is 61.6 Å². The summed E-state index contributed by atoms with van der Waals surface area (Å²) in [4.78, 5) is 23.1. The molecule has 0 saturated heterocycles. The molecule has 2 aromatic heterocycles. The smallest absolute Gasteiger partial charge is 0.404 e. The first-order valence-electron chi connectivity index (χ1n) is 12.8. The van der Waals surface area contributed by atoms with E-state index in [1.54, 1.807) is 6.07 Å². The number of nitrogens with zero attached hydrogens (tertiary/aromatic N) is 3. The number of carboxylic acid groups (broad SMARTS) is 1. The van der Waals surface area contributed by atoms with Crippen molar-refractivity contribution in [1.82, 2.24) is 20.3 Å². The number of pyridine rings is 1. The number of methoxy groups -OCH3 is 1. The molecule has 15 heteroatoms. The number of amides is 1. The van der Waals surface area contributed by atoms with Gasteiger partial charge in [-0.15, -0.1) is 0 Å². The Balaban J connectivity index is 1.37. The third-order valence-corrected chi connectivity index (χ3v) is 8.43. The Morgan fingerprint density at radius 1 is 1.05 bits per heavy atom. The van der Waals surface area contributed by atoms with Gasteiger partial charge >= 0.3 is 6.09 Å². The van der Waals surface area contributed by atoms with Crippen LogP contribution >= 0.6 is 11.6 Å².